The predicted molar refractivity (Wildman–Crippen MR) is 79.6 cm³/mol. The van der Waals surface area contributed by atoms with Crippen LogP contribution in [0.25, 0.3) is 0 Å². The van der Waals surface area contributed by atoms with Crippen LogP contribution in [0.2, 0.25) is 0 Å². The van der Waals surface area contributed by atoms with Gasteiger partial charge in [0, 0.05) is 17.4 Å². The third kappa shape index (κ3) is 6.13. The smallest absolute Gasteiger partial charge is 0.411 e. The number of ether oxygens (including phenoxy) is 1. The molecule has 1 rings (SSSR count). The van der Waals surface area contributed by atoms with Gasteiger partial charge in [0.05, 0.1) is 7.11 Å². The Balaban J connectivity index is 2.54. The van der Waals surface area contributed by atoms with E-state index in [1.165, 1.54) is 13.5 Å². The van der Waals surface area contributed by atoms with Crippen molar-refractivity contribution >= 4 is 17.5 Å². The summed E-state index contributed by atoms with van der Waals surface area (Å²) >= 11 is 0. The van der Waals surface area contributed by atoms with E-state index in [1.807, 2.05) is 24.3 Å². The first kappa shape index (κ1) is 15.3. The molecule has 1 unspecified atom stereocenters. The van der Waals surface area contributed by atoms with Crippen molar-refractivity contribution < 1.29 is 9.53 Å². The molecule has 19 heavy (non-hydrogen) atoms. The third-order valence-electron chi connectivity index (χ3n) is 2.88. The Morgan fingerprint density at radius 1 is 1.21 bits per heavy atom. The van der Waals surface area contributed by atoms with E-state index in [4.69, 9.17) is 0 Å². The Kier molecular flexibility index (Phi) is 6.19. The minimum absolute atomic E-state index is 0.413. The van der Waals surface area contributed by atoms with Crippen molar-refractivity contribution in [2.24, 2.45) is 5.92 Å². The molecule has 1 aromatic carbocycles. The molecule has 0 saturated heterocycles. The van der Waals surface area contributed by atoms with Gasteiger partial charge in [0.2, 0.25) is 0 Å². The van der Waals surface area contributed by atoms with Gasteiger partial charge in [-0.2, -0.15) is 0 Å². The minimum Gasteiger partial charge on any atom is -0.453 e. The summed E-state index contributed by atoms with van der Waals surface area (Å²) in [6, 6.07) is 8.05. The second-order valence-corrected chi connectivity index (χ2v) is 5.21. The number of carbonyl (C=O) groups is 1. The molecule has 0 heterocycles. The molecular formula is C15H24N2O2. The zero-order valence-electron chi connectivity index (χ0n) is 12.2. The van der Waals surface area contributed by atoms with Gasteiger partial charge in [0.15, 0.2) is 0 Å². The topological polar surface area (TPSA) is 50.4 Å². The van der Waals surface area contributed by atoms with Gasteiger partial charge in [-0.3, -0.25) is 5.32 Å². The average Bonchev–Trinajstić information content (AvgIpc) is 2.36. The standard InChI is InChI=1S/C15H24N2O2/c1-11(2)8-9-12(3)16-13-6-5-7-14(10-13)17-15(18)19-4/h5-7,10-12,16H,8-9H2,1-4H3,(H,17,18). The Morgan fingerprint density at radius 2 is 1.89 bits per heavy atom. The number of anilines is 2. The number of amides is 1. The Bertz CT molecular complexity index is 405. The molecule has 2 N–H and O–H groups in total. The number of benzene rings is 1. The van der Waals surface area contributed by atoms with Gasteiger partial charge in [0.1, 0.15) is 0 Å². The van der Waals surface area contributed by atoms with Crippen LogP contribution in [0, 0.1) is 5.92 Å². The van der Waals surface area contributed by atoms with Crippen molar-refractivity contribution in [3.63, 3.8) is 0 Å². The second-order valence-electron chi connectivity index (χ2n) is 5.21. The van der Waals surface area contributed by atoms with Gasteiger partial charge in [0.25, 0.3) is 0 Å². The van der Waals surface area contributed by atoms with E-state index in [-0.39, 0.29) is 0 Å². The van der Waals surface area contributed by atoms with E-state index in [2.05, 4.69) is 36.1 Å². The van der Waals surface area contributed by atoms with Gasteiger partial charge in [-0.15, -0.1) is 0 Å². The van der Waals surface area contributed by atoms with Crippen molar-refractivity contribution in [1.82, 2.24) is 0 Å². The van der Waals surface area contributed by atoms with Gasteiger partial charge < -0.3 is 10.1 Å². The number of carbonyl (C=O) groups excluding carboxylic acids is 1. The number of hydrogen-bond donors (Lipinski definition) is 2. The van der Waals surface area contributed by atoms with Crippen LogP contribution in [0.1, 0.15) is 33.6 Å². The molecule has 0 aliphatic heterocycles. The fourth-order valence-electron chi connectivity index (χ4n) is 1.80. The van der Waals surface area contributed by atoms with E-state index in [0.29, 0.717) is 6.04 Å². The maximum atomic E-state index is 11.1. The molecule has 0 saturated carbocycles. The summed E-state index contributed by atoms with van der Waals surface area (Å²) in [5.74, 6) is 0.719. The molecule has 106 valence electrons. The molecule has 1 aromatic rings. The Morgan fingerprint density at radius 3 is 2.53 bits per heavy atom. The van der Waals surface area contributed by atoms with Crippen LogP contribution >= 0.6 is 0 Å². The second kappa shape index (κ2) is 7.67. The lowest BCUT2D eigenvalue weighted by atomic mass is 10.0. The van der Waals surface area contributed by atoms with Crippen molar-refractivity contribution in [3.8, 4) is 0 Å². The lowest BCUT2D eigenvalue weighted by Gasteiger charge is -2.17. The summed E-state index contributed by atoms with van der Waals surface area (Å²) in [6.45, 7) is 6.63. The van der Waals surface area contributed by atoms with Crippen LogP contribution in [0.5, 0.6) is 0 Å². The molecule has 0 spiro atoms. The highest BCUT2D eigenvalue weighted by molar-refractivity contribution is 5.85. The molecular weight excluding hydrogens is 240 g/mol. The molecule has 1 atom stereocenters. The first-order chi connectivity index (χ1) is 9.01. The van der Waals surface area contributed by atoms with Crippen molar-refractivity contribution in [1.29, 1.82) is 0 Å². The lowest BCUT2D eigenvalue weighted by molar-refractivity contribution is 0.187. The van der Waals surface area contributed by atoms with Gasteiger partial charge in [-0.1, -0.05) is 19.9 Å². The lowest BCUT2D eigenvalue weighted by Crippen LogP contribution is -2.16. The first-order valence-electron chi connectivity index (χ1n) is 6.73. The molecule has 0 radical (unpaired) electrons. The normalized spacial score (nSPS) is 12.1. The average molecular weight is 264 g/mol. The first-order valence-corrected chi connectivity index (χ1v) is 6.73. The molecule has 0 bridgehead atoms. The molecule has 4 nitrogen and oxygen atoms in total. The summed E-state index contributed by atoms with van der Waals surface area (Å²) in [5, 5.41) is 6.09. The fraction of sp³-hybridized carbons (Fsp3) is 0.533. The highest BCUT2D eigenvalue weighted by Gasteiger charge is 2.05. The Labute approximate surface area is 115 Å². The SMILES string of the molecule is COC(=O)Nc1cccc(NC(C)CCC(C)C)c1. The summed E-state index contributed by atoms with van der Waals surface area (Å²) in [7, 11) is 1.35. The monoisotopic (exact) mass is 264 g/mol. The van der Waals surface area contributed by atoms with Gasteiger partial charge >= 0.3 is 6.09 Å². The van der Waals surface area contributed by atoms with Crippen LogP contribution in [-0.2, 0) is 4.74 Å². The largest absolute Gasteiger partial charge is 0.453 e. The maximum Gasteiger partial charge on any atom is 0.411 e. The van der Waals surface area contributed by atoms with Crippen molar-refractivity contribution in [2.45, 2.75) is 39.7 Å². The van der Waals surface area contributed by atoms with Crippen molar-refractivity contribution in [3.05, 3.63) is 24.3 Å². The maximum absolute atomic E-state index is 11.1. The summed E-state index contributed by atoms with van der Waals surface area (Å²) < 4.78 is 4.57. The van der Waals surface area contributed by atoms with E-state index in [1.54, 1.807) is 0 Å². The zero-order valence-corrected chi connectivity index (χ0v) is 12.2. The van der Waals surface area contributed by atoms with Crippen LogP contribution in [0.15, 0.2) is 24.3 Å². The van der Waals surface area contributed by atoms with E-state index < -0.39 is 6.09 Å². The molecule has 4 heteroatoms. The fourth-order valence-corrected chi connectivity index (χ4v) is 1.80. The molecule has 0 fully saturated rings. The minimum atomic E-state index is -0.454. The van der Waals surface area contributed by atoms with E-state index >= 15 is 0 Å². The highest BCUT2D eigenvalue weighted by Crippen LogP contribution is 2.18. The summed E-state index contributed by atoms with van der Waals surface area (Å²) in [4.78, 5) is 11.1. The molecule has 0 aliphatic carbocycles. The highest BCUT2D eigenvalue weighted by atomic mass is 16.5. The van der Waals surface area contributed by atoms with Crippen LogP contribution in [-0.4, -0.2) is 19.2 Å². The molecule has 0 aromatic heterocycles. The number of methoxy groups -OCH3 is 1. The molecule has 0 aliphatic rings. The van der Waals surface area contributed by atoms with Crippen LogP contribution in [0.3, 0.4) is 0 Å². The zero-order chi connectivity index (χ0) is 14.3. The van der Waals surface area contributed by atoms with Gasteiger partial charge in [-0.25, -0.2) is 4.79 Å². The van der Waals surface area contributed by atoms with Crippen LogP contribution < -0.4 is 10.6 Å². The number of hydrogen-bond acceptors (Lipinski definition) is 3. The van der Waals surface area contributed by atoms with Crippen molar-refractivity contribution in [2.75, 3.05) is 17.7 Å². The number of nitrogens with one attached hydrogen (secondary N) is 2. The van der Waals surface area contributed by atoms with Gasteiger partial charge in [-0.05, 0) is 43.9 Å². The third-order valence-corrected chi connectivity index (χ3v) is 2.88. The summed E-state index contributed by atoms with van der Waals surface area (Å²) in [6.07, 6.45) is 1.88. The summed E-state index contributed by atoms with van der Waals surface area (Å²) in [5.41, 5.74) is 1.73. The predicted octanol–water partition coefficient (Wildman–Crippen LogP) is 4.10. The molecule has 1 amide bonds. The van der Waals surface area contributed by atoms with E-state index in [0.717, 1.165) is 23.7 Å². The van der Waals surface area contributed by atoms with E-state index in [9.17, 15) is 4.79 Å². The number of rotatable bonds is 6. The Hall–Kier alpha value is -1.71. The van der Waals surface area contributed by atoms with Crippen LogP contribution in [0.4, 0.5) is 16.2 Å². The quantitative estimate of drug-likeness (QED) is 0.813.